The van der Waals surface area contributed by atoms with Gasteiger partial charge in [-0.1, -0.05) is 30.3 Å². The van der Waals surface area contributed by atoms with Gasteiger partial charge in [0.1, 0.15) is 0 Å². The number of fused-ring (bicyclic) bond motifs is 2. The molecule has 19 heavy (non-hydrogen) atoms. The SMILES string of the molecule is OC1CC2CCC(C1)N2CCCCc1ccccc1. The van der Waals surface area contributed by atoms with Crippen molar-refractivity contribution in [2.24, 2.45) is 0 Å². The van der Waals surface area contributed by atoms with Gasteiger partial charge in [0.05, 0.1) is 6.10 Å². The predicted octanol–water partition coefficient (Wildman–Crippen LogP) is 3.00. The molecule has 2 unspecified atom stereocenters. The second kappa shape index (κ2) is 6.06. The van der Waals surface area contributed by atoms with Crippen LogP contribution in [0.4, 0.5) is 0 Å². The third-order valence-electron chi connectivity index (χ3n) is 4.83. The molecule has 0 amide bonds. The first kappa shape index (κ1) is 13.1. The first-order valence-corrected chi connectivity index (χ1v) is 7.80. The Morgan fingerprint density at radius 2 is 1.68 bits per heavy atom. The Labute approximate surface area is 116 Å². The summed E-state index contributed by atoms with van der Waals surface area (Å²) in [5.74, 6) is 0. The molecule has 0 radical (unpaired) electrons. The van der Waals surface area contributed by atoms with E-state index in [1.165, 1.54) is 44.2 Å². The third-order valence-corrected chi connectivity index (χ3v) is 4.83. The average Bonchev–Trinajstić information content (AvgIpc) is 2.67. The van der Waals surface area contributed by atoms with Crippen molar-refractivity contribution < 1.29 is 5.11 Å². The van der Waals surface area contributed by atoms with E-state index in [0.29, 0.717) is 12.1 Å². The largest absolute Gasteiger partial charge is 0.393 e. The fourth-order valence-corrected chi connectivity index (χ4v) is 3.88. The predicted molar refractivity (Wildman–Crippen MR) is 78.1 cm³/mol. The third kappa shape index (κ3) is 3.18. The Morgan fingerprint density at radius 1 is 1.00 bits per heavy atom. The highest BCUT2D eigenvalue weighted by molar-refractivity contribution is 5.14. The number of rotatable bonds is 5. The second-order valence-electron chi connectivity index (χ2n) is 6.19. The highest BCUT2D eigenvalue weighted by Gasteiger charge is 2.39. The summed E-state index contributed by atoms with van der Waals surface area (Å²) >= 11 is 0. The Kier molecular flexibility index (Phi) is 4.19. The molecule has 2 bridgehead atoms. The molecule has 2 atom stereocenters. The lowest BCUT2D eigenvalue weighted by Crippen LogP contribution is -2.45. The van der Waals surface area contributed by atoms with Crippen LogP contribution in [0.3, 0.4) is 0 Å². The van der Waals surface area contributed by atoms with Crippen molar-refractivity contribution in [3.05, 3.63) is 35.9 Å². The number of aryl methyl sites for hydroxylation is 1. The minimum atomic E-state index is -0.0296. The normalized spacial score (nSPS) is 30.7. The van der Waals surface area contributed by atoms with Gasteiger partial charge in [0, 0.05) is 12.1 Å². The van der Waals surface area contributed by atoms with E-state index in [9.17, 15) is 5.11 Å². The van der Waals surface area contributed by atoms with Crippen LogP contribution in [0.15, 0.2) is 30.3 Å². The molecule has 2 nitrogen and oxygen atoms in total. The molecule has 2 heterocycles. The minimum absolute atomic E-state index is 0.0296. The molecule has 2 aliphatic heterocycles. The van der Waals surface area contributed by atoms with E-state index in [2.05, 4.69) is 35.2 Å². The van der Waals surface area contributed by atoms with Gasteiger partial charge in [-0.05, 0) is 57.1 Å². The van der Waals surface area contributed by atoms with Gasteiger partial charge in [-0.15, -0.1) is 0 Å². The molecule has 3 rings (SSSR count). The van der Waals surface area contributed by atoms with Crippen molar-refractivity contribution in [3.8, 4) is 0 Å². The van der Waals surface area contributed by atoms with Crippen LogP contribution < -0.4 is 0 Å². The number of nitrogens with zero attached hydrogens (tertiary/aromatic N) is 1. The number of hydrogen-bond donors (Lipinski definition) is 1. The molecule has 0 saturated carbocycles. The highest BCUT2D eigenvalue weighted by atomic mass is 16.3. The summed E-state index contributed by atoms with van der Waals surface area (Å²) in [5.41, 5.74) is 1.46. The Morgan fingerprint density at radius 3 is 2.37 bits per heavy atom. The van der Waals surface area contributed by atoms with Crippen molar-refractivity contribution in [1.82, 2.24) is 4.90 Å². The molecule has 2 fully saturated rings. The molecule has 2 heteroatoms. The zero-order valence-electron chi connectivity index (χ0n) is 11.7. The Hall–Kier alpha value is -0.860. The van der Waals surface area contributed by atoms with Crippen molar-refractivity contribution in [2.45, 2.75) is 63.1 Å². The summed E-state index contributed by atoms with van der Waals surface area (Å²) in [6, 6.07) is 12.1. The molecule has 0 spiro atoms. The fraction of sp³-hybridized carbons (Fsp3) is 0.647. The van der Waals surface area contributed by atoms with E-state index in [1.807, 2.05) is 0 Å². The summed E-state index contributed by atoms with van der Waals surface area (Å²) in [4.78, 5) is 2.68. The van der Waals surface area contributed by atoms with Crippen LogP contribution in [0, 0.1) is 0 Å². The number of unbranched alkanes of at least 4 members (excludes halogenated alkanes) is 1. The van der Waals surface area contributed by atoms with E-state index in [-0.39, 0.29) is 6.10 Å². The first-order chi connectivity index (χ1) is 9.33. The monoisotopic (exact) mass is 259 g/mol. The summed E-state index contributed by atoms with van der Waals surface area (Å²) in [7, 11) is 0. The van der Waals surface area contributed by atoms with E-state index in [0.717, 1.165) is 12.8 Å². The van der Waals surface area contributed by atoms with Gasteiger partial charge in [-0.2, -0.15) is 0 Å². The Balaban J connectivity index is 1.41. The van der Waals surface area contributed by atoms with Gasteiger partial charge in [0.2, 0.25) is 0 Å². The van der Waals surface area contributed by atoms with Gasteiger partial charge in [0.15, 0.2) is 0 Å². The maximum absolute atomic E-state index is 9.80. The van der Waals surface area contributed by atoms with Crippen LogP contribution in [0.25, 0.3) is 0 Å². The molecule has 1 aromatic rings. The maximum atomic E-state index is 9.80. The van der Waals surface area contributed by atoms with E-state index in [1.54, 1.807) is 0 Å². The van der Waals surface area contributed by atoms with Gasteiger partial charge in [-0.25, -0.2) is 0 Å². The average molecular weight is 259 g/mol. The highest BCUT2D eigenvalue weighted by Crippen LogP contribution is 2.35. The van der Waals surface area contributed by atoms with Crippen molar-refractivity contribution in [3.63, 3.8) is 0 Å². The summed E-state index contributed by atoms with van der Waals surface area (Å²) in [5, 5.41) is 9.80. The number of benzene rings is 1. The van der Waals surface area contributed by atoms with E-state index < -0.39 is 0 Å². The van der Waals surface area contributed by atoms with Crippen LogP contribution in [-0.4, -0.2) is 34.7 Å². The lowest BCUT2D eigenvalue weighted by atomic mass is 9.99. The molecule has 2 aliphatic rings. The summed E-state index contributed by atoms with van der Waals surface area (Å²) in [6.45, 7) is 1.23. The lowest BCUT2D eigenvalue weighted by molar-refractivity contribution is 0.0347. The standard InChI is InChI=1S/C17H25NO/c19-17-12-15-9-10-16(13-17)18(15)11-5-4-8-14-6-2-1-3-7-14/h1-3,6-7,15-17,19H,4-5,8-13H2. The maximum Gasteiger partial charge on any atom is 0.0570 e. The van der Waals surface area contributed by atoms with Gasteiger partial charge < -0.3 is 5.11 Å². The number of hydrogen-bond acceptors (Lipinski definition) is 2. The second-order valence-corrected chi connectivity index (χ2v) is 6.19. The van der Waals surface area contributed by atoms with Gasteiger partial charge in [-0.3, -0.25) is 4.90 Å². The smallest absolute Gasteiger partial charge is 0.0570 e. The fourth-order valence-electron chi connectivity index (χ4n) is 3.88. The minimum Gasteiger partial charge on any atom is -0.393 e. The first-order valence-electron chi connectivity index (χ1n) is 7.80. The lowest BCUT2D eigenvalue weighted by Gasteiger charge is -2.37. The molecule has 1 aromatic carbocycles. The van der Waals surface area contributed by atoms with Crippen LogP contribution >= 0.6 is 0 Å². The zero-order valence-corrected chi connectivity index (χ0v) is 11.7. The van der Waals surface area contributed by atoms with Gasteiger partial charge in [0.25, 0.3) is 0 Å². The quantitative estimate of drug-likeness (QED) is 0.822. The molecule has 0 aliphatic carbocycles. The number of piperidine rings is 1. The summed E-state index contributed by atoms with van der Waals surface area (Å²) in [6.07, 6.45) is 8.37. The van der Waals surface area contributed by atoms with Crippen molar-refractivity contribution in [1.29, 1.82) is 0 Å². The van der Waals surface area contributed by atoms with E-state index >= 15 is 0 Å². The molecule has 0 aromatic heterocycles. The molecular weight excluding hydrogens is 234 g/mol. The van der Waals surface area contributed by atoms with Gasteiger partial charge >= 0.3 is 0 Å². The van der Waals surface area contributed by atoms with Crippen LogP contribution in [0.2, 0.25) is 0 Å². The molecular formula is C17H25NO. The van der Waals surface area contributed by atoms with Crippen LogP contribution in [0.1, 0.15) is 44.1 Å². The van der Waals surface area contributed by atoms with Crippen molar-refractivity contribution in [2.75, 3.05) is 6.54 Å². The van der Waals surface area contributed by atoms with Crippen LogP contribution in [0.5, 0.6) is 0 Å². The molecule has 104 valence electrons. The van der Waals surface area contributed by atoms with E-state index in [4.69, 9.17) is 0 Å². The zero-order chi connectivity index (χ0) is 13.1. The number of aliphatic hydroxyl groups is 1. The topological polar surface area (TPSA) is 23.5 Å². The Bertz CT molecular complexity index is 378. The van der Waals surface area contributed by atoms with Crippen molar-refractivity contribution >= 4 is 0 Å². The molecule has 1 N–H and O–H groups in total. The number of aliphatic hydroxyl groups excluding tert-OH is 1. The summed E-state index contributed by atoms with van der Waals surface area (Å²) < 4.78 is 0. The molecule has 2 saturated heterocycles. The van der Waals surface area contributed by atoms with Crippen LogP contribution in [-0.2, 0) is 6.42 Å².